The highest BCUT2D eigenvalue weighted by Crippen LogP contribution is 2.50. The molecule has 0 radical (unpaired) electrons. The van der Waals surface area contributed by atoms with Crippen molar-refractivity contribution in [1.29, 1.82) is 0 Å². The predicted octanol–water partition coefficient (Wildman–Crippen LogP) is 6.34. The van der Waals surface area contributed by atoms with Crippen molar-refractivity contribution in [2.45, 2.75) is 91.8 Å². The summed E-state index contributed by atoms with van der Waals surface area (Å²) in [6.45, 7) is 9.94. The van der Waals surface area contributed by atoms with Crippen molar-refractivity contribution in [3.63, 3.8) is 0 Å². The standard InChI is InChI=1S/C18H25NO3.C15H27NO3.CH4/c20-11-8-16-12-17(16)15-6-9-19(10-7-15)18(21)22-13-14-4-2-1-3-5-14;1-15(2,3)19-14(18)16-7-4-11(5-8-16)13-10-12(13)6-9-17;/h1-5,15-17,20H,6-13H2;11-13,17H,4-10H2,1-3H3;1H4. The molecular formula is C34H56N2O6. The van der Waals surface area contributed by atoms with Crippen LogP contribution in [0, 0.1) is 35.5 Å². The average molecular weight is 589 g/mol. The first-order valence-electron chi connectivity index (χ1n) is 15.8. The normalized spacial score (nSPS) is 25.9. The summed E-state index contributed by atoms with van der Waals surface area (Å²) in [5.41, 5.74) is 0.618. The summed E-state index contributed by atoms with van der Waals surface area (Å²) in [7, 11) is 0. The van der Waals surface area contributed by atoms with E-state index in [0.717, 1.165) is 106 Å². The number of piperidine rings is 2. The molecule has 42 heavy (non-hydrogen) atoms. The van der Waals surface area contributed by atoms with Gasteiger partial charge < -0.3 is 29.5 Å². The third-order valence-electron chi connectivity index (χ3n) is 9.36. The first kappa shape index (κ1) is 34.2. The van der Waals surface area contributed by atoms with Gasteiger partial charge in [-0.05, 0) is 113 Å². The second-order valence-corrected chi connectivity index (χ2v) is 13.5. The number of ether oxygens (including phenoxy) is 2. The van der Waals surface area contributed by atoms with Gasteiger partial charge in [-0.25, -0.2) is 9.59 Å². The van der Waals surface area contributed by atoms with Crippen LogP contribution in [0.15, 0.2) is 30.3 Å². The van der Waals surface area contributed by atoms with Crippen LogP contribution in [0.5, 0.6) is 0 Å². The molecule has 0 spiro atoms. The minimum atomic E-state index is -0.406. The zero-order chi connectivity index (χ0) is 29.4. The number of amides is 2. The van der Waals surface area contributed by atoms with Gasteiger partial charge in [-0.3, -0.25) is 0 Å². The van der Waals surface area contributed by atoms with Crippen LogP contribution in [0.3, 0.4) is 0 Å². The molecule has 1 aromatic carbocycles. The van der Waals surface area contributed by atoms with E-state index in [1.54, 1.807) is 0 Å². The van der Waals surface area contributed by atoms with E-state index in [1.807, 2.05) is 60.9 Å². The van der Waals surface area contributed by atoms with E-state index in [1.165, 1.54) is 12.8 Å². The van der Waals surface area contributed by atoms with Crippen molar-refractivity contribution < 1.29 is 29.3 Å². The Morgan fingerprint density at radius 1 is 0.786 bits per heavy atom. The molecule has 4 atom stereocenters. The summed E-state index contributed by atoms with van der Waals surface area (Å²) in [4.78, 5) is 27.7. The Balaban J connectivity index is 0.000000228. The summed E-state index contributed by atoms with van der Waals surface area (Å²) < 4.78 is 10.8. The molecule has 2 aliphatic carbocycles. The molecule has 2 amide bonds. The summed E-state index contributed by atoms with van der Waals surface area (Å²) in [6, 6.07) is 9.79. The molecule has 2 aliphatic heterocycles. The van der Waals surface area contributed by atoms with Gasteiger partial charge in [-0.2, -0.15) is 0 Å². The van der Waals surface area contributed by atoms with Gasteiger partial charge in [0.05, 0.1) is 0 Å². The van der Waals surface area contributed by atoms with Gasteiger partial charge >= 0.3 is 12.2 Å². The number of carbonyl (C=O) groups is 2. The van der Waals surface area contributed by atoms with Crippen molar-refractivity contribution in [1.82, 2.24) is 9.80 Å². The first-order chi connectivity index (χ1) is 19.7. The monoisotopic (exact) mass is 588 g/mol. The molecule has 238 valence electrons. The van der Waals surface area contributed by atoms with E-state index in [9.17, 15) is 9.59 Å². The molecule has 0 bridgehead atoms. The molecule has 1 aromatic rings. The fourth-order valence-electron chi connectivity index (χ4n) is 6.85. The van der Waals surface area contributed by atoms with Crippen molar-refractivity contribution in [3.05, 3.63) is 35.9 Å². The predicted molar refractivity (Wildman–Crippen MR) is 165 cm³/mol. The maximum atomic E-state index is 12.1. The first-order valence-corrected chi connectivity index (χ1v) is 15.8. The minimum Gasteiger partial charge on any atom is -0.445 e. The Morgan fingerprint density at radius 3 is 1.67 bits per heavy atom. The Kier molecular flexibility index (Phi) is 13.0. The Labute approximate surface area is 253 Å². The van der Waals surface area contributed by atoms with Gasteiger partial charge in [0, 0.05) is 39.4 Å². The van der Waals surface area contributed by atoms with Gasteiger partial charge in [-0.15, -0.1) is 0 Å². The lowest BCUT2D eigenvalue weighted by molar-refractivity contribution is 0.0173. The molecule has 0 aromatic heterocycles. The van der Waals surface area contributed by atoms with Crippen LogP contribution in [-0.2, 0) is 16.1 Å². The summed E-state index contributed by atoms with van der Waals surface area (Å²) >= 11 is 0. The van der Waals surface area contributed by atoms with E-state index >= 15 is 0 Å². The zero-order valence-corrected chi connectivity index (χ0v) is 25.4. The third kappa shape index (κ3) is 10.4. The highest BCUT2D eigenvalue weighted by atomic mass is 16.6. The second kappa shape index (κ2) is 15.9. The van der Waals surface area contributed by atoms with E-state index in [4.69, 9.17) is 19.7 Å². The molecule has 5 rings (SSSR count). The van der Waals surface area contributed by atoms with E-state index in [2.05, 4.69) is 0 Å². The number of rotatable bonds is 8. The smallest absolute Gasteiger partial charge is 0.410 e. The van der Waals surface area contributed by atoms with Crippen LogP contribution in [0.2, 0.25) is 0 Å². The van der Waals surface area contributed by atoms with Crippen molar-refractivity contribution in [2.24, 2.45) is 35.5 Å². The lowest BCUT2D eigenvalue weighted by Gasteiger charge is -2.33. The lowest BCUT2D eigenvalue weighted by Crippen LogP contribution is -2.42. The molecule has 4 fully saturated rings. The fourth-order valence-corrected chi connectivity index (χ4v) is 6.85. The van der Waals surface area contributed by atoms with Crippen LogP contribution in [0.25, 0.3) is 0 Å². The van der Waals surface area contributed by atoms with Gasteiger partial charge in [0.25, 0.3) is 0 Å². The van der Waals surface area contributed by atoms with Crippen molar-refractivity contribution >= 4 is 12.2 Å². The largest absolute Gasteiger partial charge is 0.445 e. The summed E-state index contributed by atoms with van der Waals surface area (Å²) in [6.07, 6.45) is 8.42. The highest BCUT2D eigenvalue weighted by Gasteiger charge is 2.44. The quantitative estimate of drug-likeness (QED) is 0.368. The number of hydrogen-bond acceptors (Lipinski definition) is 6. The number of carbonyl (C=O) groups excluding carboxylic acids is 2. The maximum Gasteiger partial charge on any atom is 0.410 e. The topological polar surface area (TPSA) is 99.5 Å². The maximum absolute atomic E-state index is 12.1. The Hall–Kier alpha value is -2.32. The van der Waals surface area contributed by atoms with Gasteiger partial charge in [0.15, 0.2) is 0 Å². The van der Waals surface area contributed by atoms with Crippen molar-refractivity contribution in [2.75, 3.05) is 39.4 Å². The van der Waals surface area contributed by atoms with Gasteiger partial charge in [0.1, 0.15) is 12.2 Å². The molecule has 4 aliphatic rings. The lowest BCUT2D eigenvalue weighted by atomic mass is 9.91. The highest BCUT2D eigenvalue weighted by molar-refractivity contribution is 5.68. The van der Waals surface area contributed by atoms with E-state index < -0.39 is 5.60 Å². The molecular weight excluding hydrogens is 532 g/mol. The third-order valence-corrected chi connectivity index (χ3v) is 9.36. The Bertz CT molecular complexity index is 951. The fraction of sp³-hybridized carbons (Fsp3) is 0.765. The number of aliphatic hydroxyl groups is 2. The number of aliphatic hydroxyl groups excluding tert-OH is 2. The molecule has 4 unspecified atom stereocenters. The molecule has 2 saturated heterocycles. The van der Waals surface area contributed by atoms with Crippen LogP contribution in [-0.4, -0.2) is 77.2 Å². The summed E-state index contributed by atoms with van der Waals surface area (Å²) in [5, 5.41) is 17.9. The molecule has 2 saturated carbocycles. The molecule has 8 heteroatoms. The number of hydrogen-bond donors (Lipinski definition) is 2. The number of benzene rings is 1. The summed E-state index contributed by atoms with van der Waals surface area (Å²) in [5.74, 6) is 4.53. The average Bonchev–Trinajstić information content (AvgIpc) is 3.89. The van der Waals surface area contributed by atoms with Gasteiger partial charge in [-0.1, -0.05) is 37.8 Å². The van der Waals surface area contributed by atoms with E-state index in [0.29, 0.717) is 19.8 Å². The van der Waals surface area contributed by atoms with E-state index in [-0.39, 0.29) is 19.6 Å². The van der Waals surface area contributed by atoms with Gasteiger partial charge in [0.2, 0.25) is 0 Å². The second-order valence-electron chi connectivity index (χ2n) is 13.5. The minimum absolute atomic E-state index is 0. The molecule has 2 heterocycles. The van der Waals surface area contributed by atoms with Crippen LogP contribution in [0.1, 0.15) is 85.1 Å². The zero-order valence-electron chi connectivity index (χ0n) is 25.4. The molecule has 8 nitrogen and oxygen atoms in total. The van der Waals surface area contributed by atoms with Crippen LogP contribution in [0.4, 0.5) is 9.59 Å². The number of likely N-dealkylation sites (tertiary alicyclic amines) is 2. The van der Waals surface area contributed by atoms with Crippen molar-refractivity contribution in [3.8, 4) is 0 Å². The Morgan fingerprint density at radius 2 is 1.24 bits per heavy atom. The molecule has 2 N–H and O–H groups in total. The SMILES string of the molecule is C.CC(C)(C)OC(=O)N1CCC(C2CC2CCO)CC1.O=C(OCc1ccccc1)N1CCC(C2CC2CCO)CC1. The van der Waals surface area contributed by atoms with Crippen LogP contribution >= 0.6 is 0 Å². The number of nitrogens with zero attached hydrogens (tertiary/aromatic N) is 2. The van der Waals surface area contributed by atoms with Crippen LogP contribution < -0.4 is 0 Å².